The normalized spacial score (nSPS) is 14.3. The Morgan fingerprint density at radius 2 is 1.50 bits per heavy atom. The van der Waals surface area contributed by atoms with Crippen molar-refractivity contribution in [3.8, 4) is 0 Å². The average Bonchev–Trinajstić information content (AvgIpc) is 2.65. The maximum absolute atomic E-state index is 4.42. The predicted octanol–water partition coefficient (Wildman–Crippen LogP) is 3.99. The fourth-order valence-electron chi connectivity index (χ4n) is 1.93. The molecule has 0 aliphatic heterocycles. The quantitative estimate of drug-likeness (QED) is 0.813. The SMILES string of the molecule is CC(C)C(C)(C)C(C)(C)c1cn(C(C)(C)C)nn1. The minimum Gasteiger partial charge on any atom is -0.247 e. The summed E-state index contributed by atoms with van der Waals surface area (Å²) in [5.74, 6) is 0.590. The average molecular weight is 251 g/mol. The standard InChI is InChI=1S/C15H29N3/c1-11(2)14(6,7)15(8,9)12-10-18(17-16-12)13(3,4)5/h10-11H,1-9H3. The summed E-state index contributed by atoms with van der Waals surface area (Å²) in [4.78, 5) is 0. The van der Waals surface area contributed by atoms with Crippen molar-refractivity contribution in [3.63, 3.8) is 0 Å². The molecule has 1 heterocycles. The molecule has 0 saturated heterocycles. The van der Waals surface area contributed by atoms with Crippen LogP contribution in [0, 0.1) is 11.3 Å². The first-order chi connectivity index (χ1) is 7.90. The van der Waals surface area contributed by atoms with Gasteiger partial charge in [-0.1, -0.05) is 46.8 Å². The maximum Gasteiger partial charge on any atom is 0.0888 e. The van der Waals surface area contributed by atoms with E-state index in [4.69, 9.17) is 0 Å². The number of hydrogen-bond donors (Lipinski definition) is 0. The molecule has 0 atom stereocenters. The number of aromatic nitrogens is 3. The third-order valence-corrected chi connectivity index (χ3v) is 4.88. The minimum atomic E-state index is -0.0106. The summed E-state index contributed by atoms with van der Waals surface area (Å²) in [6.07, 6.45) is 2.10. The van der Waals surface area contributed by atoms with E-state index in [0.717, 1.165) is 5.69 Å². The minimum absolute atomic E-state index is 0.00463. The number of hydrogen-bond acceptors (Lipinski definition) is 2. The second kappa shape index (κ2) is 4.36. The van der Waals surface area contributed by atoms with E-state index < -0.39 is 0 Å². The Morgan fingerprint density at radius 1 is 1.00 bits per heavy atom. The number of rotatable bonds is 3. The van der Waals surface area contributed by atoms with E-state index in [1.165, 1.54) is 0 Å². The molecular weight excluding hydrogens is 222 g/mol. The van der Waals surface area contributed by atoms with Crippen LogP contribution >= 0.6 is 0 Å². The van der Waals surface area contributed by atoms with Crippen molar-refractivity contribution in [2.45, 2.75) is 73.3 Å². The smallest absolute Gasteiger partial charge is 0.0888 e. The Kier molecular flexibility index (Phi) is 3.68. The molecule has 0 amide bonds. The molecule has 0 spiro atoms. The van der Waals surface area contributed by atoms with Crippen LogP contribution in [0.4, 0.5) is 0 Å². The monoisotopic (exact) mass is 251 g/mol. The largest absolute Gasteiger partial charge is 0.247 e. The molecule has 0 saturated carbocycles. The lowest BCUT2D eigenvalue weighted by Crippen LogP contribution is -2.40. The van der Waals surface area contributed by atoms with Crippen molar-refractivity contribution in [3.05, 3.63) is 11.9 Å². The topological polar surface area (TPSA) is 30.7 Å². The van der Waals surface area contributed by atoms with E-state index in [2.05, 4.69) is 78.8 Å². The fourth-order valence-corrected chi connectivity index (χ4v) is 1.93. The van der Waals surface area contributed by atoms with Gasteiger partial charge in [-0.3, -0.25) is 0 Å². The molecular formula is C15H29N3. The molecule has 0 aromatic carbocycles. The van der Waals surface area contributed by atoms with Gasteiger partial charge in [-0.2, -0.15) is 0 Å². The van der Waals surface area contributed by atoms with E-state index in [1.54, 1.807) is 0 Å². The summed E-state index contributed by atoms with van der Waals surface area (Å²) in [5.41, 5.74) is 1.25. The Labute approximate surface area is 112 Å². The van der Waals surface area contributed by atoms with Crippen molar-refractivity contribution in [1.29, 1.82) is 0 Å². The lowest BCUT2D eigenvalue weighted by atomic mass is 9.61. The highest BCUT2D eigenvalue weighted by molar-refractivity contribution is 5.15. The molecule has 1 aromatic rings. The van der Waals surface area contributed by atoms with Crippen LogP contribution in [-0.2, 0) is 11.0 Å². The van der Waals surface area contributed by atoms with Gasteiger partial charge in [-0.15, -0.1) is 5.10 Å². The lowest BCUT2D eigenvalue weighted by Gasteiger charge is -2.43. The van der Waals surface area contributed by atoms with Crippen LogP contribution in [0.15, 0.2) is 6.20 Å². The molecule has 1 rings (SSSR count). The van der Waals surface area contributed by atoms with Crippen molar-refractivity contribution in [2.75, 3.05) is 0 Å². The summed E-state index contributed by atoms with van der Waals surface area (Å²) >= 11 is 0. The van der Waals surface area contributed by atoms with Crippen LogP contribution in [0.3, 0.4) is 0 Å². The molecule has 0 aliphatic rings. The van der Waals surface area contributed by atoms with Gasteiger partial charge in [-0.05, 0) is 32.1 Å². The third-order valence-electron chi connectivity index (χ3n) is 4.88. The van der Waals surface area contributed by atoms with Gasteiger partial charge in [0.1, 0.15) is 0 Å². The summed E-state index contributed by atoms with van der Waals surface area (Å²) < 4.78 is 1.96. The van der Waals surface area contributed by atoms with Crippen LogP contribution in [0.1, 0.15) is 68.0 Å². The molecule has 3 nitrogen and oxygen atoms in total. The van der Waals surface area contributed by atoms with E-state index in [0.29, 0.717) is 5.92 Å². The first-order valence-corrected chi connectivity index (χ1v) is 6.84. The Bertz CT molecular complexity index is 406. The second-order valence-electron chi connectivity index (χ2n) is 7.72. The van der Waals surface area contributed by atoms with Gasteiger partial charge in [0.2, 0.25) is 0 Å². The van der Waals surface area contributed by atoms with Crippen molar-refractivity contribution < 1.29 is 0 Å². The zero-order valence-electron chi connectivity index (χ0n) is 13.5. The highest BCUT2D eigenvalue weighted by Crippen LogP contribution is 2.45. The van der Waals surface area contributed by atoms with Gasteiger partial charge in [0.05, 0.1) is 11.2 Å². The summed E-state index contributed by atoms with van der Waals surface area (Å²) in [7, 11) is 0. The van der Waals surface area contributed by atoms with Crippen LogP contribution in [0.2, 0.25) is 0 Å². The van der Waals surface area contributed by atoms with Gasteiger partial charge in [-0.25, -0.2) is 4.68 Å². The predicted molar refractivity (Wildman–Crippen MR) is 76.7 cm³/mol. The van der Waals surface area contributed by atoms with Gasteiger partial charge in [0.15, 0.2) is 0 Å². The van der Waals surface area contributed by atoms with Crippen molar-refractivity contribution >= 4 is 0 Å². The molecule has 0 fully saturated rings. The third kappa shape index (κ3) is 2.45. The first-order valence-electron chi connectivity index (χ1n) is 6.84. The molecule has 0 aliphatic carbocycles. The van der Waals surface area contributed by atoms with Crippen LogP contribution in [0.25, 0.3) is 0 Å². The second-order valence-corrected chi connectivity index (χ2v) is 7.72. The zero-order chi connectivity index (χ0) is 14.4. The molecule has 3 heteroatoms. The molecule has 0 radical (unpaired) electrons. The van der Waals surface area contributed by atoms with Gasteiger partial charge in [0, 0.05) is 11.6 Å². The molecule has 0 N–H and O–H groups in total. The lowest BCUT2D eigenvalue weighted by molar-refractivity contribution is 0.122. The van der Waals surface area contributed by atoms with Gasteiger partial charge < -0.3 is 0 Å². The van der Waals surface area contributed by atoms with E-state index in [-0.39, 0.29) is 16.4 Å². The number of nitrogens with zero attached hydrogens (tertiary/aromatic N) is 3. The van der Waals surface area contributed by atoms with E-state index in [1.807, 2.05) is 4.68 Å². The summed E-state index contributed by atoms with van der Waals surface area (Å²) in [6, 6.07) is 0. The van der Waals surface area contributed by atoms with E-state index in [9.17, 15) is 0 Å². The molecule has 104 valence electrons. The molecule has 18 heavy (non-hydrogen) atoms. The van der Waals surface area contributed by atoms with Crippen molar-refractivity contribution in [1.82, 2.24) is 15.0 Å². The summed E-state index contributed by atoms with van der Waals surface area (Å²) in [6.45, 7) is 20.1. The molecule has 0 unspecified atom stereocenters. The van der Waals surface area contributed by atoms with Crippen molar-refractivity contribution in [2.24, 2.45) is 11.3 Å². The maximum atomic E-state index is 4.42. The molecule has 1 aromatic heterocycles. The highest BCUT2D eigenvalue weighted by atomic mass is 15.4. The fraction of sp³-hybridized carbons (Fsp3) is 0.867. The van der Waals surface area contributed by atoms with Crippen LogP contribution < -0.4 is 0 Å². The highest BCUT2D eigenvalue weighted by Gasteiger charge is 2.42. The Hall–Kier alpha value is -0.860. The van der Waals surface area contributed by atoms with Gasteiger partial charge in [0.25, 0.3) is 0 Å². The molecule has 0 bridgehead atoms. The Balaban J connectivity index is 3.18. The van der Waals surface area contributed by atoms with Crippen LogP contribution in [0.5, 0.6) is 0 Å². The summed E-state index contributed by atoms with van der Waals surface area (Å²) in [5, 5.41) is 8.71. The Morgan fingerprint density at radius 3 is 1.83 bits per heavy atom. The van der Waals surface area contributed by atoms with E-state index >= 15 is 0 Å². The van der Waals surface area contributed by atoms with Crippen LogP contribution in [-0.4, -0.2) is 15.0 Å². The zero-order valence-corrected chi connectivity index (χ0v) is 13.5. The first kappa shape index (κ1) is 15.2. The van der Waals surface area contributed by atoms with Gasteiger partial charge >= 0.3 is 0 Å².